The Labute approximate surface area is 193 Å². The summed E-state index contributed by atoms with van der Waals surface area (Å²) in [5.74, 6) is 1.22. The highest BCUT2D eigenvalue weighted by molar-refractivity contribution is 8.06. The van der Waals surface area contributed by atoms with E-state index in [0.29, 0.717) is 11.8 Å². The third kappa shape index (κ3) is 6.64. The lowest BCUT2D eigenvalue weighted by molar-refractivity contribution is 0.337. The van der Waals surface area contributed by atoms with Crippen molar-refractivity contribution < 1.29 is 0 Å². The van der Waals surface area contributed by atoms with Gasteiger partial charge in [-0.1, -0.05) is 62.5 Å². The molecule has 1 aliphatic heterocycles. The van der Waals surface area contributed by atoms with Gasteiger partial charge in [0, 0.05) is 16.3 Å². The quantitative estimate of drug-likeness (QED) is 0.410. The fourth-order valence-corrected chi connectivity index (χ4v) is 5.44. The van der Waals surface area contributed by atoms with E-state index < -0.39 is 0 Å². The van der Waals surface area contributed by atoms with Gasteiger partial charge in [-0.25, -0.2) is 4.99 Å². The Hall–Kier alpha value is -2.20. The van der Waals surface area contributed by atoms with Gasteiger partial charge in [0.1, 0.15) is 0 Å². The van der Waals surface area contributed by atoms with Gasteiger partial charge in [-0.05, 0) is 74.0 Å². The van der Waals surface area contributed by atoms with Crippen LogP contribution in [0.1, 0.15) is 52.0 Å². The van der Waals surface area contributed by atoms with E-state index in [2.05, 4.69) is 80.0 Å². The van der Waals surface area contributed by atoms with Crippen LogP contribution in [0, 0.1) is 11.8 Å². The lowest BCUT2D eigenvalue weighted by atomic mass is 9.78. The summed E-state index contributed by atoms with van der Waals surface area (Å²) < 4.78 is 0. The van der Waals surface area contributed by atoms with Crippen LogP contribution in [0.4, 0.5) is 5.69 Å². The van der Waals surface area contributed by atoms with E-state index >= 15 is 0 Å². The first kappa shape index (κ1) is 23.5. The molecule has 3 rings (SSSR count). The van der Waals surface area contributed by atoms with Crippen molar-refractivity contribution in [1.82, 2.24) is 4.90 Å². The molecule has 3 nitrogen and oxygen atoms in total. The number of nitrogens with one attached hydrogen (secondary N) is 1. The van der Waals surface area contributed by atoms with Crippen LogP contribution < -0.4 is 5.32 Å². The summed E-state index contributed by atoms with van der Waals surface area (Å²) in [4.78, 5) is 9.46. The molecule has 2 aliphatic rings. The van der Waals surface area contributed by atoms with Crippen LogP contribution in [0.15, 0.2) is 75.8 Å². The van der Waals surface area contributed by atoms with E-state index in [-0.39, 0.29) is 0 Å². The predicted octanol–water partition coefficient (Wildman–Crippen LogP) is 7.38. The monoisotopic (exact) mass is 435 g/mol. The number of hydrogen-bond donors (Lipinski definition) is 1. The van der Waals surface area contributed by atoms with Crippen molar-refractivity contribution in [2.75, 3.05) is 18.4 Å². The molecule has 1 aliphatic carbocycles. The van der Waals surface area contributed by atoms with Crippen LogP contribution in [0.3, 0.4) is 0 Å². The van der Waals surface area contributed by atoms with Crippen LogP contribution in [-0.2, 0) is 6.42 Å². The van der Waals surface area contributed by atoms with E-state index in [1.807, 2.05) is 18.1 Å². The number of aryl methyl sites for hydroxylation is 1. The van der Waals surface area contributed by atoms with Gasteiger partial charge in [-0.2, -0.15) is 0 Å². The average molecular weight is 436 g/mol. The Kier molecular flexibility index (Phi) is 8.25. The molecule has 0 amide bonds. The van der Waals surface area contributed by atoms with Crippen molar-refractivity contribution in [1.29, 1.82) is 0 Å². The molecule has 31 heavy (non-hydrogen) atoms. The fourth-order valence-electron chi connectivity index (χ4n) is 4.31. The molecule has 1 aromatic rings. The molecule has 0 aromatic heterocycles. The Balaban J connectivity index is 1.55. The lowest BCUT2D eigenvalue weighted by Gasteiger charge is -2.32. The van der Waals surface area contributed by atoms with Gasteiger partial charge in [0.25, 0.3) is 0 Å². The Morgan fingerprint density at radius 2 is 2.00 bits per heavy atom. The molecule has 0 radical (unpaired) electrons. The van der Waals surface area contributed by atoms with E-state index in [9.17, 15) is 0 Å². The van der Waals surface area contributed by atoms with Crippen molar-refractivity contribution in [2.24, 2.45) is 16.8 Å². The van der Waals surface area contributed by atoms with E-state index in [0.717, 1.165) is 36.6 Å². The number of rotatable bonds is 9. The van der Waals surface area contributed by atoms with Crippen molar-refractivity contribution >= 4 is 23.8 Å². The first-order chi connectivity index (χ1) is 14.9. The molecular weight excluding hydrogens is 398 g/mol. The van der Waals surface area contributed by atoms with Crippen LogP contribution in [-0.4, -0.2) is 24.3 Å². The zero-order valence-electron chi connectivity index (χ0n) is 19.4. The largest absolute Gasteiger partial charge is 0.358 e. The molecule has 1 N–H and O–H groups in total. The molecule has 4 heteroatoms. The van der Waals surface area contributed by atoms with Crippen LogP contribution in [0.2, 0.25) is 0 Å². The second kappa shape index (κ2) is 10.9. The second-order valence-corrected chi connectivity index (χ2v) is 10.1. The Morgan fingerprint density at radius 1 is 1.23 bits per heavy atom. The highest BCUT2D eigenvalue weighted by Crippen LogP contribution is 2.42. The highest BCUT2D eigenvalue weighted by Gasteiger charge is 2.26. The normalized spacial score (nSPS) is 21.2. The topological polar surface area (TPSA) is 27.6 Å². The zero-order valence-corrected chi connectivity index (χ0v) is 20.2. The first-order valence-electron chi connectivity index (χ1n) is 11.4. The molecule has 0 spiro atoms. The molecule has 0 saturated heterocycles. The van der Waals surface area contributed by atoms with E-state index in [1.54, 1.807) is 0 Å². The Morgan fingerprint density at radius 3 is 2.74 bits per heavy atom. The highest BCUT2D eigenvalue weighted by atomic mass is 32.2. The molecule has 2 atom stereocenters. The molecule has 1 heterocycles. The maximum absolute atomic E-state index is 4.66. The van der Waals surface area contributed by atoms with E-state index in [1.165, 1.54) is 46.6 Å². The van der Waals surface area contributed by atoms with Gasteiger partial charge in [-0.3, -0.25) is 0 Å². The van der Waals surface area contributed by atoms with Gasteiger partial charge in [0.15, 0.2) is 0 Å². The minimum atomic E-state index is 0.572. The standard InChI is InChI=1S/C27H37N3S/c1-7-23-10-8-13-26(14-23)29-20(4)16-30-17-27(21(5)28-18-30)31-22(6)25-12-9-11-24(15-25)19(2)3/h8,10,13-14,18,24-25,29H,2,4,6-7,9,11-12,15-17H2,1,3,5H3. The minimum absolute atomic E-state index is 0.572. The third-order valence-corrected chi connectivity index (χ3v) is 7.56. The summed E-state index contributed by atoms with van der Waals surface area (Å²) in [6.45, 7) is 20.9. The first-order valence-corrected chi connectivity index (χ1v) is 12.2. The van der Waals surface area contributed by atoms with Gasteiger partial charge >= 0.3 is 0 Å². The summed E-state index contributed by atoms with van der Waals surface area (Å²) >= 11 is 1.84. The van der Waals surface area contributed by atoms with Crippen LogP contribution >= 0.6 is 11.8 Å². The average Bonchev–Trinajstić information content (AvgIpc) is 2.76. The number of anilines is 1. The molecule has 1 aromatic carbocycles. The number of nitrogens with zero attached hydrogens (tertiary/aromatic N) is 2. The van der Waals surface area contributed by atoms with Gasteiger partial charge in [0.05, 0.1) is 25.1 Å². The Bertz CT molecular complexity index is 895. The fraction of sp³-hybridized carbons (Fsp3) is 0.444. The number of hydrogen-bond acceptors (Lipinski definition) is 4. The number of benzene rings is 1. The molecule has 2 unspecified atom stereocenters. The predicted molar refractivity (Wildman–Crippen MR) is 138 cm³/mol. The van der Waals surface area contributed by atoms with Crippen molar-refractivity contribution in [3.8, 4) is 0 Å². The third-order valence-electron chi connectivity index (χ3n) is 6.30. The second-order valence-electron chi connectivity index (χ2n) is 8.92. The molecular formula is C27H37N3S. The van der Waals surface area contributed by atoms with Crippen molar-refractivity contribution in [3.63, 3.8) is 0 Å². The number of aliphatic imine (C=N–C) groups is 1. The minimum Gasteiger partial charge on any atom is -0.358 e. The van der Waals surface area contributed by atoms with Crippen LogP contribution in [0.25, 0.3) is 0 Å². The van der Waals surface area contributed by atoms with Gasteiger partial charge in [0.2, 0.25) is 0 Å². The summed E-state index contributed by atoms with van der Waals surface area (Å²) in [7, 11) is 0. The maximum atomic E-state index is 4.66. The zero-order chi connectivity index (χ0) is 22.4. The number of allylic oxidation sites excluding steroid dienone is 3. The molecule has 1 saturated carbocycles. The van der Waals surface area contributed by atoms with Crippen LogP contribution in [0.5, 0.6) is 0 Å². The number of thioether (sulfide) groups is 1. The van der Waals surface area contributed by atoms with Gasteiger partial charge < -0.3 is 10.2 Å². The summed E-state index contributed by atoms with van der Waals surface area (Å²) in [6.07, 6.45) is 7.96. The van der Waals surface area contributed by atoms with Crippen molar-refractivity contribution in [3.05, 3.63) is 76.3 Å². The van der Waals surface area contributed by atoms with E-state index in [4.69, 9.17) is 0 Å². The summed E-state index contributed by atoms with van der Waals surface area (Å²) in [6, 6.07) is 8.52. The molecule has 166 valence electrons. The maximum Gasteiger partial charge on any atom is 0.0915 e. The molecule has 0 bridgehead atoms. The van der Waals surface area contributed by atoms with Crippen molar-refractivity contribution in [2.45, 2.75) is 52.9 Å². The molecule has 1 fully saturated rings. The SMILES string of the molecule is C=C(CN1C=NC(C)=C(SC(=C)C2CCCC(C(=C)C)C2)C1)Nc1cccc(CC)c1. The lowest BCUT2D eigenvalue weighted by Crippen LogP contribution is -2.30. The smallest absolute Gasteiger partial charge is 0.0915 e. The summed E-state index contributed by atoms with van der Waals surface area (Å²) in [5.41, 5.74) is 5.81. The van der Waals surface area contributed by atoms with Gasteiger partial charge in [-0.15, -0.1) is 0 Å². The summed E-state index contributed by atoms with van der Waals surface area (Å²) in [5, 5.41) is 3.45.